The van der Waals surface area contributed by atoms with Crippen LogP contribution in [0, 0.1) is 0 Å². The van der Waals surface area contributed by atoms with Crippen LogP contribution in [0.25, 0.3) is 0 Å². The van der Waals surface area contributed by atoms with Crippen LogP contribution < -0.4 is 9.47 Å². The Bertz CT molecular complexity index is 401. The van der Waals surface area contributed by atoms with Gasteiger partial charge in [0.1, 0.15) is 5.60 Å². The lowest BCUT2D eigenvalue weighted by molar-refractivity contribution is 0.132. The molecule has 1 aliphatic rings. The summed E-state index contributed by atoms with van der Waals surface area (Å²) in [6.07, 6.45) is 4.16. The first-order valence-corrected chi connectivity index (χ1v) is 7.15. The van der Waals surface area contributed by atoms with Gasteiger partial charge in [0.15, 0.2) is 11.5 Å². The minimum atomic E-state index is -0.111. The largest absolute Gasteiger partial charge is 0.490 e. The molecule has 1 heterocycles. The van der Waals surface area contributed by atoms with E-state index in [2.05, 4.69) is 19.9 Å². The van der Waals surface area contributed by atoms with Gasteiger partial charge in [0.25, 0.3) is 0 Å². The van der Waals surface area contributed by atoms with Gasteiger partial charge >= 0.3 is 0 Å². The molecule has 0 spiro atoms. The standard InChI is InChI=1S/C15H21ClO2/c1-15(2)11-12-7-6-8-13(14(12)18-15)17-10-5-3-4-9-16/h6-8H,3-5,9-11H2,1-2H3. The molecular weight excluding hydrogens is 248 g/mol. The lowest BCUT2D eigenvalue weighted by Gasteiger charge is -2.18. The monoisotopic (exact) mass is 268 g/mol. The zero-order chi connectivity index (χ0) is 13.0. The van der Waals surface area contributed by atoms with Crippen LogP contribution in [0.15, 0.2) is 18.2 Å². The average molecular weight is 269 g/mol. The van der Waals surface area contributed by atoms with Crippen molar-refractivity contribution in [1.29, 1.82) is 0 Å². The number of halogens is 1. The first-order valence-electron chi connectivity index (χ1n) is 6.62. The predicted molar refractivity (Wildman–Crippen MR) is 74.9 cm³/mol. The summed E-state index contributed by atoms with van der Waals surface area (Å²) in [5.41, 5.74) is 1.14. The van der Waals surface area contributed by atoms with E-state index in [0.29, 0.717) is 0 Å². The van der Waals surface area contributed by atoms with Crippen molar-refractivity contribution in [3.63, 3.8) is 0 Å². The molecular formula is C15H21ClO2. The Morgan fingerprint density at radius 2 is 2.11 bits per heavy atom. The first kappa shape index (κ1) is 13.5. The van der Waals surface area contributed by atoms with Gasteiger partial charge in [-0.25, -0.2) is 0 Å². The second-order valence-corrected chi connectivity index (χ2v) is 5.76. The van der Waals surface area contributed by atoms with E-state index in [4.69, 9.17) is 21.1 Å². The molecule has 0 bridgehead atoms. The Morgan fingerprint density at radius 1 is 1.28 bits per heavy atom. The van der Waals surface area contributed by atoms with Gasteiger partial charge in [-0.15, -0.1) is 11.6 Å². The van der Waals surface area contributed by atoms with Gasteiger partial charge in [-0.05, 0) is 39.2 Å². The fraction of sp³-hybridized carbons (Fsp3) is 0.600. The predicted octanol–water partition coefficient (Wildman–Crippen LogP) is 4.19. The third kappa shape index (κ3) is 3.32. The number of hydrogen-bond acceptors (Lipinski definition) is 2. The van der Waals surface area contributed by atoms with E-state index < -0.39 is 0 Å². The highest BCUT2D eigenvalue weighted by atomic mass is 35.5. The van der Waals surface area contributed by atoms with Gasteiger partial charge in [-0.3, -0.25) is 0 Å². The summed E-state index contributed by atoms with van der Waals surface area (Å²) >= 11 is 5.64. The van der Waals surface area contributed by atoms with Gasteiger partial charge < -0.3 is 9.47 Å². The zero-order valence-corrected chi connectivity index (χ0v) is 11.9. The fourth-order valence-corrected chi connectivity index (χ4v) is 2.45. The summed E-state index contributed by atoms with van der Waals surface area (Å²) in [6, 6.07) is 6.14. The van der Waals surface area contributed by atoms with E-state index in [1.54, 1.807) is 0 Å². The molecule has 1 aromatic carbocycles. The van der Waals surface area contributed by atoms with Crippen LogP contribution in [0.3, 0.4) is 0 Å². The van der Waals surface area contributed by atoms with Crippen molar-refractivity contribution in [3.8, 4) is 11.5 Å². The van der Waals surface area contributed by atoms with Crippen LogP contribution in [0.4, 0.5) is 0 Å². The van der Waals surface area contributed by atoms with Crippen molar-refractivity contribution < 1.29 is 9.47 Å². The summed E-state index contributed by atoms with van der Waals surface area (Å²) < 4.78 is 11.8. The van der Waals surface area contributed by atoms with E-state index in [0.717, 1.165) is 49.7 Å². The molecule has 0 atom stereocenters. The number of ether oxygens (including phenoxy) is 2. The van der Waals surface area contributed by atoms with E-state index in [1.165, 1.54) is 5.56 Å². The average Bonchev–Trinajstić information content (AvgIpc) is 2.63. The maximum Gasteiger partial charge on any atom is 0.165 e. The number of rotatable bonds is 6. The van der Waals surface area contributed by atoms with Crippen LogP contribution in [-0.4, -0.2) is 18.1 Å². The van der Waals surface area contributed by atoms with Gasteiger partial charge in [-0.2, -0.15) is 0 Å². The summed E-state index contributed by atoms with van der Waals surface area (Å²) in [4.78, 5) is 0. The van der Waals surface area contributed by atoms with E-state index in [9.17, 15) is 0 Å². The summed E-state index contributed by atoms with van der Waals surface area (Å²) in [5, 5.41) is 0. The molecule has 0 saturated heterocycles. The Labute approximate surface area is 114 Å². The Hall–Kier alpha value is -0.890. The third-order valence-corrected chi connectivity index (χ3v) is 3.36. The Morgan fingerprint density at radius 3 is 2.89 bits per heavy atom. The van der Waals surface area contributed by atoms with Gasteiger partial charge in [-0.1, -0.05) is 12.1 Å². The van der Waals surface area contributed by atoms with E-state index in [1.807, 2.05) is 12.1 Å². The van der Waals surface area contributed by atoms with Crippen LogP contribution in [0.1, 0.15) is 38.7 Å². The van der Waals surface area contributed by atoms with Crippen LogP contribution in [0.2, 0.25) is 0 Å². The Kier molecular flexibility index (Phi) is 4.39. The molecule has 0 unspecified atom stereocenters. The molecule has 1 aliphatic heterocycles. The molecule has 0 saturated carbocycles. The number of para-hydroxylation sites is 1. The summed E-state index contributed by atoms with van der Waals surface area (Å²) in [5.74, 6) is 2.54. The maximum atomic E-state index is 5.96. The zero-order valence-electron chi connectivity index (χ0n) is 11.2. The normalized spacial score (nSPS) is 16.2. The van der Waals surface area contributed by atoms with Crippen molar-refractivity contribution in [2.24, 2.45) is 0 Å². The second kappa shape index (κ2) is 5.83. The molecule has 0 radical (unpaired) electrons. The summed E-state index contributed by atoms with van der Waals surface area (Å²) in [6.45, 7) is 4.95. The molecule has 100 valence electrons. The quantitative estimate of drug-likeness (QED) is 0.569. The topological polar surface area (TPSA) is 18.5 Å². The SMILES string of the molecule is CC1(C)Cc2cccc(OCCCCCCl)c2O1. The van der Waals surface area contributed by atoms with Crippen molar-refractivity contribution in [1.82, 2.24) is 0 Å². The maximum absolute atomic E-state index is 5.96. The molecule has 2 nitrogen and oxygen atoms in total. The van der Waals surface area contributed by atoms with Crippen molar-refractivity contribution in [3.05, 3.63) is 23.8 Å². The van der Waals surface area contributed by atoms with Gasteiger partial charge in [0.05, 0.1) is 6.61 Å². The molecule has 0 fully saturated rings. The van der Waals surface area contributed by atoms with Gasteiger partial charge in [0, 0.05) is 17.9 Å². The smallest absolute Gasteiger partial charge is 0.165 e. The number of fused-ring (bicyclic) bond motifs is 1. The Balaban J connectivity index is 1.93. The molecule has 3 heteroatoms. The highest BCUT2D eigenvalue weighted by Gasteiger charge is 2.32. The summed E-state index contributed by atoms with van der Waals surface area (Å²) in [7, 11) is 0. The minimum absolute atomic E-state index is 0.111. The minimum Gasteiger partial charge on any atom is -0.490 e. The second-order valence-electron chi connectivity index (χ2n) is 5.38. The molecule has 0 aromatic heterocycles. The molecule has 1 aromatic rings. The first-order chi connectivity index (χ1) is 8.62. The van der Waals surface area contributed by atoms with Crippen LogP contribution in [-0.2, 0) is 6.42 Å². The van der Waals surface area contributed by atoms with Crippen LogP contribution in [0.5, 0.6) is 11.5 Å². The van der Waals surface area contributed by atoms with Crippen molar-refractivity contribution in [2.75, 3.05) is 12.5 Å². The lowest BCUT2D eigenvalue weighted by Crippen LogP contribution is -2.24. The highest BCUT2D eigenvalue weighted by molar-refractivity contribution is 6.17. The molecule has 0 N–H and O–H groups in total. The van der Waals surface area contributed by atoms with Crippen LogP contribution >= 0.6 is 11.6 Å². The number of hydrogen-bond donors (Lipinski definition) is 0. The third-order valence-electron chi connectivity index (χ3n) is 3.09. The molecule has 0 amide bonds. The number of benzene rings is 1. The molecule has 0 aliphatic carbocycles. The number of alkyl halides is 1. The molecule has 2 rings (SSSR count). The van der Waals surface area contributed by atoms with Crippen molar-refractivity contribution >= 4 is 11.6 Å². The van der Waals surface area contributed by atoms with E-state index in [-0.39, 0.29) is 5.60 Å². The fourth-order valence-electron chi connectivity index (χ4n) is 2.26. The highest BCUT2D eigenvalue weighted by Crippen LogP contribution is 2.41. The van der Waals surface area contributed by atoms with Gasteiger partial charge in [0.2, 0.25) is 0 Å². The lowest BCUT2D eigenvalue weighted by atomic mass is 10.0. The van der Waals surface area contributed by atoms with E-state index >= 15 is 0 Å². The van der Waals surface area contributed by atoms with Crippen molar-refractivity contribution in [2.45, 2.75) is 45.1 Å². The number of unbranched alkanes of at least 4 members (excludes halogenated alkanes) is 2. The molecule has 18 heavy (non-hydrogen) atoms.